The van der Waals surface area contributed by atoms with Crippen molar-refractivity contribution >= 4 is 34.2 Å². The molecule has 4 aromatic rings. The minimum absolute atomic E-state index is 0.0308. The molecular formula is C29H30ClFN6O4. The Morgan fingerprint density at radius 2 is 2.02 bits per heavy atom. The lowest BCUT2D eigenvalue weighted by molar-refractivity contribution is 0.0617. The van der Waals surface area contributed by atoms with Crippen molar-refractivity contribution in [2.24, 2.45) is 0 Å². The molecule has 0 aliphatic carbocycles. The van der Waals surface area contributed by atoms with Gasteiger partial charge in [0.2, 0.25) is 0 Å². The summed E-state index contributed by atoms with van der Waals surface area (Å²) >= 11 is 6.02. The Bertz CT molecular complexity index is 1670. The summed E-state index contributed by atoms with van der Waals surface area (Å²) in [5.74, 6) is -0.00182. The number of hydrogen-bond donors (Lipinski definition) is 4. The van der Waals surface area contributed by atoms with E-state index in [2.05, 4.69) is 32.2 Å². The van der Waals surface area contributed by atoms with E-state index in [0.717, 1.165) is 37.6 Å². The number of nitrogens with zero attached hydrogens (tertiary/aromatic N) is 3. The first-order valence-electron chi connectivity index (χ1n) is 13.5. The summed E-state index contributed by atoms with van der Waals surface area (Å²) in [5.41, 5.74) is 3.26. The number of anilines is 1. The number of imidazole rings is 1. The van der Waals surface area contributed by atoms with Crippen LogP contribution >= 0.6 is 11.6 Å². The van der Waals surface area contributed by atoms with Gasteiger partial charge in [-0.1, -0.05) is 11.6 Å². The minimum Gasteiger partial charge on any atom is -0.489 e. The topological polar surface area (TPSA) is 127 Å². The third kappa shape index (κ3) is 5.52. The number of hydrogen-bond acceptors (Lipinski definition) is 7. The van der Waals surface area contributed by atoms with Crippen LogP contribution in [-0.2, 0) is 6.54 Å². The summed E-state index contributed by atoms with van der Waals surface area (Å²) in [6, 6.07) is 9.38. The van der Waals surface area contributed by atoms with Crippen LogP contribution in [0.1, 0.15) is 28.8 Å². The van der Waals surface area contributed by atoms with Gasteiger partial charge in [-0.3, -0.25) is 9.59 Å². The van der Waals surface area contributed by atoms with Crippen LogP contribution < -0.4 is 15.6 Å². The van der Waals surface area contributed by atoms with E-state index in [1.54, 1.807) is 6.07 Å². The number of carbonyl (C=O) groups excluding carboxylic acids is 1. The van der Waals surface area contributed by atoms with E-state index in [-0.39, 0.29) is 47.0 Å². The molecule has 6 rings (SSSR count). The normalized spacial score (nSPS) is 16.8. The molecule has 41 heavy (non-hydrogen) atoms. The second kappa shape index (κ2) is 11.2. The van der Waals surface area contributed by atoms with Crippen molar-refractivity contribution in [3.8, 4) is 17.1 Å². The fourth-order valence-electron chi connectivity index (χ4n) is 5.48. The van der Waals surface area contributed by atoms with E-state index in [0.29, 0.717) is 34.7 Å². The van der Waals surface area contributed by atoms with E-state index < -0.39 is 11.9 Å². The van der Waals surface area contributed by atoms with Crippen LogP contribution in [-0.4, -0.2) is 81.2 Å². The fourth-order valence-corrected chi connectivity index (χ4v) is 5.65. The van der Waals surface area contributed by atoms with Gasteiger partial charge in [0, 0.05) is 37.0 Å². The Balaban J connectivity index is 1.18. The lowest BCUT2D eigenvalue weighted by Gasteiger charge is -2.34. The predicted molar refractivity (Wildman–Crippen MR) is 154 cm³/mol. The zero-order valence-electron chi connectivity index (χ0n) is 22.4. The number of aromatic nitrogens is 3. The summed E-state index contributed by atoms with van der Waals surface area (Å²) in [6.07, 6.45) is 2.43. The maximum Gasteiger partial charge on any atom is 0.261 e. The fraction of sp³-hybridized carbons (Fsp3) is 0.345. The Labute approximate surface area is 240 Å². The van der Waals surface area contributed by atoms with Crippen molar-refractivity contribution in [1.29, 1.82) is 0 Å². The number of rotatable bonds is 8. The lowest BCUT2D eigenvalue weighted by atomic mass is 10.0. The highest BCUT2D eigenvalue weighted by Crippen LogP contribution is 2.32. The van der Waals surface area contributed by atoms with Crippen LogP contribution in [0.2, 0.25) is 5.02 Å². The zero-order chi connectivity index (χ0) is 28.7. The molecule has 12 heteroatoms. The van der Waals surface area contributed by atoms with Crippen molar-refractivity contribution in [3.05, 3.63) is 74.9 Å². The number of H-pyrrole nitrogens is 2. The van der Waals surface area contributed by atoms with Crippen molar-refractivity contribution in [2.75, 3.05) is 38.6 Å². The Kier molecular flexibility index (Phi) is 7.41. The van der Waals surface area contributed by atoms with E-state index >= 15 is 0 Å². The van der Waals surface area contributed by atoms with Crippen LogP contribution in [0.25, 0.3) is 22.4 Å². The van der Waals surface area contributed by atoms with Gasteiger partial charge in [-0.2, -0.15) is 0 Å². The van der Waals surface area contributed by atoms with Crippen molar-refractivity contribution in [3.63, 3.8) is 0 Å². The van der Waals surface area contributed by atoms with Gasteiger partial charge in [-0.05, 0) is 68.9 Å². The number of aliphatic hydroxyl groups excluding tert-OH is 1. The molecule has 0 unspecified atom stereocenters. The van der Waals surface area contributed by atoms with Gasteiger partial charge in [0.1, 0.15) is 35.7 Å². The van der Waals surface area contributed by atoms with Crippen LogP contribution in [0.3, 0.4) is 0 Å². The average molecular weight is 581 g/mol. The molecular weight excluding hydrogens is 551 g/mol. The largest absolute Gasteiger partial charge is 0.489 e. The van der Waals surface area contributed by atoms with Gasteiger partial charge in [-0.25, -0.2) is 9.37 Å². The molecule has 1 amide bonds. The first kappa shape index (κ1) is 27.3. The van der Waals surface area contributed by atoms with E-state index in [9.17, 15) is 19.1 Å². The average Bonchev–Trinajstić information content (AvgIpc) is 3.51. The number of aromatic amines is 2. The number of ether oxygens (including phenoxy) is 1. The third-order valence-electron chi connectivity index (χ3n) is 7.72. The van der Waals surface area contributed by atoms with Gasteiger partial charge >= 0.3 is 0 Å². The molecule has 1 saturated heterocycles. The molecule has 2 aliphatic heterocycles. The quantitative estimate of drug-likeness (QED) is 0.251. The second-order valence-electron chi connectivity index (χ2n) is 10.6. The number of carbonyl (C=O) groups is 1. The van der Waals surface area contributed by atoms with Gasteiger partial charge in [0.05, 0.1) is 21.7 Å². The van der Waals surface area contributed by atoms with Crippen molar-refractivity contribution in [1.82, 2.24) is 24.8 Å². The first-order chi connectivity index (χ1) is 19.8. The number of amides is 1. The Morgan fingerprint density at radius 3 is 2.83 bits per heavy atom. The lowest BCUT2D eigenvalue weighted by Crippen LogP contribution is -2.43. The maximum absolute atomic E-state index is 13.5. The number of pyridine rings is 1. The molecule has 0 spiro atoms. The van der Waals surface area contributed by atoms with Crippen LogP contribution in [0.15, 0.2) is 47.4 Å². The highest BCUT2D eigenvalue weighted by atomic mass is 35.5. The van der Waals surface area contributed by atoms with Gasteiger partial charge in [0.15, 0.2) is 0 Å². The van der Waals surface area contributed by atoms with Crippen molar-refractivity contribution < 1.29 is 19.0 Å². The maximum atomic E-state index is 13.5. The second-order valence-corrected chi connectivity index (χ2v) is 11.0. The standard InChI is InChI=1S/C29H30ClFN6O4/c1-36-8-5-18(6-9-36)37-14-16-10-23-24(12-20(16)29(37)40)35-27(34-23)26-22(4-7-32-28(26)39)33-13-19(38)15-41-25-11-17(31)2-3-21(25)30/h2-4,7,10-12,18-19,38H,5-6,8-9,13-15H2,1H3,(H,34,35)(H2,32,33,39)/t19-/m1/s1. The van der Waals surface area contributed by atoms with Gasteiger partial charge < -0.3 is 34.9 Å². The molecule has 1 fully saturated rings. The highest BCUT2D eigenvalue weighted by Gasteiger charge is 2.34. The molecule has 1 atom stereocenters. The van der Waals surface area contributed by atoms with Crippen LogP contribution in [0.5, 0.6) is 5.75 Å². The summed E-state index contributed by atoms with van der Waals surface area (Å²) < 4.78 is 18.9. The summed E-state index contributed by atoms with van der Waals surface area (Å²) in [5, 5.41) is 13.8. The molecule has 4 N–H and O–H groups in total. The van der Waals surface area contributed by atoms with E-state index in [1.807, 2.05) is 17.0 Å². The molecule has 4 heterocycles. The summed E-state index contributed by atoms with van der Waals surface area (Å²) in [7, 11) is 2.10. The smallest absolute Gasteiger partial charge is 0.261 e. The molecule has 0 saturated carbocycles. The number of fused-ring (bicyclic) bond motifs is 2. The molecule has 0 radical (unpaired) electrons. The highest BCUT2D eigenvalue weighted by molar-refractivity contribution is 6.32. The predicted octanol–water partition coefficient (Wildman–Crippen LogP) is 3.61. The van der Waals surface area contributed by atoms with E-state index in [4.69, 9.17) is 16.3 Å². The minimum atomic E-state index is -0.987. The van der Waals surface area contributed by atoms with Gasteiger partial charge in [0.25, 0.3) is 11.5 Å². The number of likely N-dealkylation sites (tertiary alicyclic amines) is 1. The van der Waals surface area contributed by atoms with E-state index in [1.165, 1.54) is 18.3 Å². The van der Waals surface area contributed by atoms with Crippen molar-refractivity contribution in [2.45, 2.75) is 31.5 Å². The van der Waals surface area contributed by atoms with Gasteiger partial charge in [-0.15, -0.1) is 0 Å². The number of piperidine rings is 1. The third-order valence-corrected chi connectivity index (χ3v) is 8.03. The number of aliphatic hydroxyl groups is 1. The summed E-state index contributed by atoms with van der Waals surface area (Å²) in [6.45, 7) is 2.40. The molecule has 2 aromatic carbocycles. The molecule has 2 aliphatic rings. The van der Waals surface area contributed by atoms with Crippen LogP contribution in [0, 0.1) is 5.82 Å². The molecule has 214 valence electrons. The SMILES string of the molecule is CN1CCC(N2Cc3cc4nc(-c5c(NC[C@@H](O)COc6cc(F)ccc6Cl)cc[nH]c5=O)[nH]c4cc3C2=O)CC1. The van der Waals surface area contributed by atoms with Crippen LogP contribution in [0.4, 0.5) is 10.1 Å². The summed E-state index contributed by atoms with van der Waals surface area (Å²) in [4.78, 5) is 41.0. The Hall–Kier alpha value is -3.93. The monoisotopic (exact) mass is 580 g/mol. The Morgan fingerprint density at radius 1 is 1.22 bits per heavy atom. The molecule has 2 aromatic heterocycles. The first-order valence-corrected chi connectivity index (χ1v) is 13.9. The number of benzene rings is 2. The zero-order valence-corrected chi connectivity index (χ0v) is 23.2. The molecule has 0 bridgehead atoms. The molecule has 10 nitrogen and oxygen atoms in total. The number of nitrogens with one attached hydrogen (secondary N) is 3. The number of halogens is 2.